The molecule has 6 nitrogen and oxygen atoms in total. The van der Waals surface area contributed by atoms with Crippen molar-refractivity contribution in [2.45, 2.75) is 103 Å². The Kier molecular flexibility index (Phi) is 8.34. The fourth-order valence-electron chi connectivity index (χ4n) is 9.19. The number of hydrazone groups is 1. The minimum Gasteiger partial charge on any atom is -0.396 e. The molecule has 6 heteroatoms. The molecule has 0 aromatic heterocycles. The Labute approximate surface area is 213 Å². The number of rotatable bonds is 10. The molecule has 200 valence electrons. The molecule has 0 aromatic rings. The van der Waals surface area contributed by atoms with Crippen molar-refractivity contribution in [3.8, 4) is 0 Å². The quantitative estimate of drug-likeness (QED) is 0.162. The van der Waals surface area contributed by atoms with Crippen LogP contribution in [-0.4, -0.2) is 58.7 Å². The van der Waals surface area contributed by atoms with E-state index in [4.69, 9.17) is 5.73 Å². The van der Waals surface area contributed by atoms with Crippen molar-refractivity contribution < 1.29 is 19.7 Å². The van der Waals surface area contributed by atoms with Crippen LogP contribution in [0.25, 0.3) is 0 Å². The van der Waals surface area contributed by atoms with Crippen LogP contribution in [0.15, 0.2) is 0 Å². The first kappa shape index (κ1) is 27.1. The van der Waals surface area contributed by atoms with E-state index < -0.39 is 5.60 Å². The van der Waals surface area contributed by atoms with Crippen LogP contribution in [0.5, 0.6) is 0 Å². The number of aliphatic hydroxyl groups is 2. The van der Waals surface area contributed by atoms with E-state index >= 15 is 0 Å². The molecule has 5 N–H and O–H groups in total. The summed E-state index contributed by atoms with van der Waals surface area (Å²) in [4.78, 5) is 13.7. The third-order valence-corrected chi connectivity index (χ3v) is 11.0. The van der Waals surface area contributed by atoms with E-state index in [0.717, 1.165) is 70.6 Å². The number of Topliss-reactive ketones (excluding diaryl/α,β-unsaturated/α-hetero) is 1. The molecule has 8 unspecified atom stereocenters. The van der Waals surface area contributed by atoms with E-state index in [2.05, 4.69) is 25.5 Å². The van der Waals surface area contributed by atoms with E-state index in [9.17, 15) is 15.0 Å². The minimum absolute atomic E-state index is 0.0221. The number of nitrogens with two attached hydrogens (primary N) is 1. The standard InChI is InChI=1S/C29H52N3O3/c1-4-5-6-17-32(31-16-15-30)19-26(34)25-10-9-23-22-8-7-21-18-27(2,35)13-14-29(21,20-33)24(22)11-12-28(23,25)3/h17,21-25,31,33,35H,4-16,18-20,30H2,1-3H3/q+1. The van der Waals surface area contributed by atoms with Gasteiger partial charge >= 0.3 is 0 Å². The molecule has 4 aliphatic rings. The van der Waals surface area contributed by atoms with Gasteiger partial charge in [0, 0.05) is 25.5 Å². The van der Waals surface area contributed by atoms with E-state index in [1.165, 1.54) is 6.42 Å². The molecule has 0 aromatic carbocycles. The highest BCUT2D eigenvalue weighted by atomic mass is 16.3. The molecule has 8 atom stereocenters. The third kappa shape index (κ3) is 5.09. The minimum atomic E-state index is -0.581. The number of nitrogens with one attached hydrogen (secondary N) is 1. The van der Waals surface area contributed by atoms with Gasteiger partial charge in [0.15, 0.2) is 6.21 Å². The van der Waals surface area contributed by atoms with E-state index in [-0.39, 0.29) is 23.4 Å². The van der Waals surface area contributed by atoms with Crippen LogP contribution in [0, 0.1) is 40.4 Å². The molecule has 0 bridgehead atoms. The molecule has 0 spiro atoms. The molecule has 35 heavy (non-hydrogen) atoms. The van der Waals surface area contributed by atoms with Gasteiger partial charge in [-0.1, -0.05) is 20.3 Å². The van der Waals surface area contributed by atoms with Crippen LogP contribution in [0.3, 0.4) is 0 Å². The predicted molar refractivity (Wildman–Crippen MR) is 140 cm³/mol. The fraction of sp³-hybridized carbons (Fsp3) is 0.931. The van der Waals surface area contributed by atoms with Crippen LogP contribution < -0.4 is 11.2 Å². The summed E-state index contributed by atoms with van der Waals surface area (Å²) < 4.78 is 2.01. The summed E-state index contributed by atoms with van der Waals surface area (Å²) in [7, 11) is 0. The van der Waals surface area contributed by atoms with Gasteiger partial charge in [0.05, 0.1) is 12.1 Å². The van der Waals surface area contributed by atoms with Crippen LogP contribution in [0.1, 0.15) is 97.8 Å². The number of nitrogens with zero attached hydrogens (tertiary/aromatic N) is 1. The van der Waals surface area contributed by atoms with Crippen molar-refractivity contribution in [2.24, 2.45) is 46.2 Å². The number of fused-ring (bicyclic) bond motifs is 5. The number of hydrogen-bond donors (Lipinski definition) is 4. The first-order valence-electron chi connectivity index (χ1n) is 14.6. The molecular weight excluding hydrogens is 438 g/mol. The van der Waals surface area contributed by atoms with Crippen molar-refractivity contribution in [2.75, 3.05) is 26.2 Å². The van der Waals surface area contributed by atoms with Crippen molar-refractivity contribution in [1.82, 2.24) is 5.43 Å². The maximum atomic E-state index is 13.7. The van der Waals surface area contributed by atoms with Crippen LogP contribution in [0.2, 0.25) is 0 Å². The molecule has 0 amide bonds. The molecule has 4 fully saturated rings. The molecule has 0 heterocycles. The summed E-state index contributed by atoms with van der Waals surface area (Å²) in [5, 5.41) is 21.5. The van der Waals surface area contributed by atoms with Crippen LogP contribution in [0.4, 0.5) is 0 Å². The summed E-state index contributed by atoms with van der Waals surface area (Å²) in [6.45, 7) is 8.51. The number of carbonyl (C=O) groups excluding carboxylic acids is 1. The largest absolute Gasteiger partial charge is 0.396 e. The van der Waals surface area contributed by atoms with E-state index in [0.29, 0.717) is 49.1 Å². The number of unbranched alkanes of at least 4 members (excludes halogenated alkanes) is 2. The Bertz CT molecular complexity index is 783. The summed E-state index contributed by atoms with van der Waals surface area (Å²) in [5.41, 5.74) is 8.54. The van der Waals surface area contributed by atoms with Crippen molar-refractivity contribution in [1.29, 1.82) is 0 Å². The van der Waals surface area contributed by atoms with Gasteiger partial charge in [-0.05, 0) is 106 Å². The zero-order chi connectivity index (χ0) is 25.3. The maximum Gasteiger partial charge on any atom is 0.229 e. The Hall–Kier alpha value is -0.980. The van der Waals surface area contributed by atoms with Crippen molar-refractivity contribution in [3.63, 3.8) is 0 Å². The molecular formula is C29H52N3O3+. The highest BCUT2D eigenvalue weighted by Crippen LogP contribution is 2.68. The fourth-order valence-corrected chi connectivity index (χ4v) is 9.19. The van der Waals surface area contributed by atoms with Crippen LogP contribution in [-0.2, 0) is 4.79 Å². The average Bonchev–Trinajstić information content (AvgIpc) is 3.19. The molecule has 4 rings (SSSR count). The number of ketones is 1. The van der Waals surface area contributed by atoms with Gasteiger partial charge < -0.3 is 15.9 Å². The first-order valence-corrected chi connectivity index (χ1v) is 14.6. The second kappa shape index (κ2) is 10.8. The first-order chi connectivity index (χ1) is 16.7. The van der Waals surface area contributed by atoms with E-state index in [1.54, 1.807) is 0 Å². The highest BCUT2D eigenvalue weighted by Gasteiger charge is 2.63. The van der Waals surface area contributed by atoms with Gasteiger partial charge in [0.25, 0.3) is 0 Å². The normalized spacial score (nSPS) is 43.3. The third-order valence-electron chi connectivity index (χ3n) is 11.0. The van der Waals surface area contributed by atoms with Crippen LogP contribution >= 0.6 is 0 Å². The van der Waals surface area contributed by atoms with Gasteiger partial charge in [-0.25, -0.2) is 0 Å². The monoisotopic (exact) mass is 490 g/mol. The second-order valence-electron chi connectivity index (χ2n) is 13.0. The lowest BCUT2D eigenvalue weighted by Crippen LogP contribution is -2.58. The summed E-state index contributed by atoms with van der Waals surface area (Å²) in [5.74, 6) is 2.67. The Morgan fingerprint density at radius 3 is 2.63 bits per heavy atom. The predicted octanol–water partition coefficient (Wildman–Crippen LogP) is 3.67. The number of carbonyl (C=O) groups is 1. The topological polar surface area (TPSA) is 98.6 Å². The number of hydrogen-bond acceptors (Lipinski definition) is 5. The van der Waals surface area contributed by atoms with E-state index in [1.807, 2.05) is 11.6 Å². The Morgan fingerprint density at radius 1 is 1.11 bits per heavy atom. The second-order valence-corrected chi connectivity index (χ2v) is 13.0. The van der Waals surface area contributed by atoms with Gasteiger partial charge in [-0.15, -0.1) is 4.68 Å². The summed E-state index contributed by atoms with van der Waals surface area (Å²) in [6.07, 6.45) is 14.7. The maximum absolute atomic E-state index is 13.7. The zero-order valence-corrected chi connectivity index (χ0v) is 22.6. The SMILES string of the molecule is CCCCC=[N+](CC(=O)C1CCC2C3CCC4CC(C)(O)CCC4(CO)C3CCC12C)NCCN. The zero-order valence-electron chi connectivity index (χ0n) is 22.6. The summed E-state index contributed by atoms with van der Waals surface area (Å²) in [6, 6.07) is 0. The molecule has 0 aliphatic heterocycles. The van der Waals surface area contributed by atoms with Crippen molar-refractivity contribution in [3.05, 3.63) is 0 Å². The van der Waals surface area contributed by atoms with Gasteiger partial charge in [0.2, 0.25) is 12.3 Å². The van der Waals surface area contributed by atoms with Gasteiger partial charge in [0.1, 0.15) is 0 Å². The molecule has 4 aliphatic carbocycles. The molecule has 0 saturated heterocycles. The lowest BCUT2D eigenvalue weighted by Gasteiger charge is -2.62. The highest BCUT2D eigenvalue weighted by molar-refractivity contribution is 5.83. The van der Waals surface area contributed by atoms with Gasteiger partial charge in [-0.3, -0.25) is 4.79 Å². The lowest BCUT2D eigenvalue weighted by atomic mass is 9.43. The summed E-state index contributed by atoms with van der Waals surface area (Å²) >= 11 is 0. The number of hydrazine groups is 1. The van der Waals surface area contributed by atoms with Gasteiger partial charge in [-0.2, -0.15) is 5.43 Å². The van der Waals surface area contributed by atoms with Crippen molar-refractivity contribution >= 4 is 12.0 Å². The lowest BCUT2D eigenvalue weighted by molar-refractivity contribution is -0.573. The smallest absolute Gasteiger partial charge is 0.229 e. The Balaban J connectivity index is 1.48. The number of aliphatic hydroxyl groups excluding tert-OH is 1. The Morgan fingerprint density at radius 2 is 1.91 bits per heavy atom. The average molecular weight is 491 g/mol. The molecule has 0 radical (unpaired) electrons. The molecule has 4 saturated carbocycles.